The van der Waals surface area contributed by atoms with Gasteiger partial charge in [-0.1, -0.05) is 27.5 Å². The molecule has 1 fully saturated rings. The molecule has 2 amide bonds. The lowest BCUT2D eigenvalue weighted by molar-refractivity contribution is -0.115. The number of amidine groups is 1. The molecule has 0 atom stereocenters. The maximum absolute atomic E-state index is 12.4. The standard InChI is InChI=1S/C21H18BrClN2O4S/c1-3-28-16-9-13(15(22)11-17(16)29-4-2)10-18-20(27)25-21(30-18)24-19(26)12-5-7-14(23)8-6-12/h5-11H,3-4H2,1-2H3,(H,24,25,26,27)/b18-10-. The summed E-state index contributed by atoms with van der Waals surface area (Å²) < 4.78 is 12.0. The number of carbonyl (C=O) groups excluding carboxylic acids is 2. The Kier molecular flexibility index (Phi) is 7.58. The van der Waals surface area contributed by atoms with Crippen LogP contribution >= 0.6 is 39.3 Å². The van der Waals surface area contributed by atoms with Crippen LogP contribution in [0.1, 0.15) is 29.8 Å². The number of benzene rings is 2. The van der Waals surface area contributed by atoms with Gasteiger partial charge in [-0.2, -0.15) is 4.99 Å². The fourth-order valence-corrected chi connectivity index (χ4v) is 3.94. The number of thioether (sulfide) groups is 1. The van der Waals surface area contributed by atoms with Crippen molar-refractivity contribution in [2.75, 3.05) is 13.2 Å². The first-order chi connectivity index (χ1) is 14.4. The Hall–Kier alpha value is -2.29. The van der Waals surface area contributed by atoms with Gasteiger partial charge in [-0.25, -0.2) is 0 Å². The van der Waals surface area contributed by atoms with Crippen LogP contribution < -0.4 is 14.8 Å². The van der Waals surface area contributed by atoms with Crippen LogP contribution in [0.2, 0.25) is 5.02 Å². The highest BCUT2D eigenvalue weighted by Crippen LogP contribution is 2.36. The van der Waals surface area contributed by atoms with Gasteiger partial charge in [0.05, 0.1) is 18.1 Å². The van der Waals surface area contributed by atoms with E-state index in [1.54, 1.807) is 42.5 Å². The Labute approximate surface area is 191 Å². The minimum Gasteiger partial charge on any atom is -0.490 e. The van der Waals surface area contributed by atoms with Crippen LogP contribution in [0.25, 0.3) is 6.08 Å². The second-order valence-electron chi connectivity index (χ2n) is 5.98. The normalized spacial score (nSPS) is 16.1. The molecule has 156 valence electrons. The van der Waals surface area contributed by atoms with Gasteiger partial charge in [0.1, 0.15) is 0 Å². The lowest BCUT2D eigenvalue weighted by Crippen LogP contribution is -2.20. The fraction of sp³-hybridized carbons (Fsp3) is 0.190. The summed E-state index contributed by atoms with van der Waals surface area (Å²) in [7, 11) is 0. The zero-order valence-electron chi connectivity index (χ0n) is 16.2. The molecule has 0 radical (unpaired) electrons. The van der Waals surface area contributed by atoms with Crippen molar-refractivity contribution in [3.8, 4) is 11.5 Å². The first-order valence-electron chi connectivity index (χ1n) is 9.09. The van der Waals surface area contributed by atoms with E-state index in [0.29, 0.717) is 40.2 Å². The highest BCUT2D eigenvalue weighted by Gasteiger charge is 2.25. The molecule has 1 aliphatic heterocycles. The van der Waals surface area contributed by atoms with Crippen LogP contribution in [0, 0.1) is 0 Å². The zero-order valence-corrected chi connectivity index (χ0v) is 19.4. The van der Waals surface area contributed by atoms with Gasteiger partial charge in [0, 0.05) is 15.1 Å². The highest BCUT2D eigenvalue weighted by atomic mass is 79.9. The van der Waals surface area contributed by atoms with E-state index >= 15 is 0 Å². The predicted molar refractivity (Wildman–Crippen MR) is 123 cm³/mol. The SMILES string of the molecule is CCOc1cc(Br)c(/C=C2\SC(=NC(=O)c3ccc(Cl)cc3)NC2=O)cc1OCC. The van der Waals surface area contributed by atoms with E-state index in [1.165, 1.54) is 0 Å². The molecule has 1 saturated heterocycles. The van der Waals surface area contributed by atoms with E-state index in [-0.39, 0.29) is 11.1 Å². The summed E-state index contributed by atoms with van der Waals surface area (Å²) in [6, 6.07) is 9.99. The van der Waals surface area contributed by atoms with Gasteiger partial charge in [0.15, 0.2) is 16.7 Å². The van der Waals surface area contributed by atoms with Crippen molar-refractivity contribution in [2.45, 2.75) is 13.8 Å². The topological polar surface area (TPSA) is 77.0 Å². The van der Waals surface area contributed by atoms with Crippen LogP contribution in [0.5, 0.6) is 11.5 Å². The van der Waals surface area contributed by atoms with Crippen molar-refractivity contribution in [1.82, 2.24) is 5.32 Å². The summed E-state index contributed by atoms with van der Waals surface area (Å²) in [6.07, 6.45) is 1.71. The second-order valence-corrected chi connectivity index (χ2v) is 8.30. The quantitative estimate of drug-likeness (QED) is 0.535. The van der Waals surface area contributed by atoms with Gasteiger partial charge in [-0.3, -0.25) is 9.59 Å². The molecule has 1 heterocycles. The van der Waals surface area contributed by atoms with E-state index in [4.69, 9.17) is 21.1 Å². The molecule has 0 aliphatic carbocycles. The minimum absolute atomic E-state index is 0.221. The van der Waals surface area contributed by atoms with E-state index in [2.05, 4.69) is 26.2 Å². The van der Waals surface area contributed by atoms with Crippen LogP contribution in [-0.4, -0.2) is 30.2 Å². The van der Waals surface area contributed by atoms with Crippen LogP contribution in [0.15, 0.2) is 50.8 Å². The first-order valence-corrected chi connectivity index (χ1v) is 11.1. The van der Waals surface area contributed by atoms with Crippen molar-refractivity contribution >= 4 is 62.4 Å². The van der Waals surface area contributed by atoms with E-state index in [1.807, 2.05) is 13.8 Å². The smallest absolute Gasteiger partial charge is 0.279 e. The monoisotopic (exact) mass is 508 g/mol. The number of nitrogens with one attached hydrogen (secondary N) is 1. The average molecular weight is 510 g/mol. The van der Waals surface area contributed by atoms with Crippen molar-refractivity contribution in [3.63, 3.8) is 0 Å². The Bertz CT molecular complexity index is 1040. The number of ether oxygens (including phenoxy) is 2. The number of amides is 2. The summed E-state index contributed by atoms with van der Waals surface area (Å²) in [6.45, 7) is 4.77. The number of halogens is 2. The molecule has 6 nitrogen and oxygen atoms in total. The Morgan fingerprint density at radius 1 is 1.17 bits per heavy atom. The van der Waals surface area contributed by atoms with Crippen molar-refractivity contribution in [1.29, 1.82) is 0 Å². The molecule has 2 aromatic carbocycles. The summed E-state index contributed by atoms with van der Waals surface area (Å²) >= 11 is 10.4. The second kappa shape index (κ2) is 10.1. The maximum Gasteiger partial charge on any atom is 0.279 e. The Morgan fingerprint density at radius 3 is 2.43 bits per heavy atom. The van der Waals surface area contributed by atoms with Crippen LogP contribution in [0.4, 0.5) is 0 Å². The molecule has 0 spiro atoms. The number of hydrogen-bond acceptors (Lipinski definition) is 5. The predicted octanol–water partition coefficient (Wildman–Crippen LogP) is 5.30. The molecular weight excluding hydrogens is 492 g/mol. The molecule has 0 aromatic heterocycles. The van der Waals surface area contributed by atoms with Crippen molar-refractivity contribution in [3.05, 3.63) is 61.9 Å². The summed E-state index contributed by atoms with van der Waals surface area (Å²) in [4.78, 5) is 29.1. The summed E-state index contributed by atoms with van der Waals surface area (Å²) in [5.41, 5.74) is 1.12. The molecule has 9 heteroatoms. The largest absolute Gasteiger partial charge is 0.490 e. The molecule has 1 aliphatic rings. The Morgan fingerprint density at radius 2 is 1.80 bits per heavy atom. The lowest BCUT2D eigenvalue weighted by atomic mass is 10.2. The van der Waals surface area contributed by atoms with Crippen molar-refractivity contribution in [2.24, 2.45) is 4.99 Å². The molecule has 30 heavy (non-hydrogen) atoms. The molecule has 2 aromatic rings. The third-order valence-corrected chi connectivity index (χ3v) is 5.74. The van der Waals surface area contributed by atoms with Crippen molar-refractivity contribution < 1.29 is 19.1 Å². The number of rotatable bonds is 6. The van der Waals surface area contributed by atoms with Gasteiger partial charge >= 0.3 is 0 Å². The Balaban J connectivity index is 1.84. The highest BCUT2D eigenvalue weighted by molar-refractivity contribution is 9.10. The number of nitrogens with zero attached hydrogens (tertiary/aromatic N) is 1. The molecule has 3 rings (SSSR count). The number of carbonyl (C=O) groups is 2. The zero-order chi connectivity index (χ0) is 21.7. The number of aliphatic imine (C=N–C) groups is 1. The van der Waals surface area contributed by atoms with Gasteiger partial charge in [0.25, 0.3) is 11.8 Å². The third kappa shape index (κ3) is 5.44. The van der Waals surface area contributed by atoms with Gasteiger partial charge < -0.3 is 14.8 Å². The molecule has 0 unspecified atom stereocenters. The van der Waals surface area contributed by atoms with Gasteiger partial charge in [-0.05, 0) is 73.6 Å². The van der Waals surface area contributed by atoms with E-state index in [9.17, 15) is 9.59 Å². The summed E-state index contributed by atoms with van der Waals surface area (Å²) in [5, 5.41) is 3.36. The molecule has 1 N–H and O–H groups in total. The fourth-order valence-electron chi connectivity index (χ4n) is 2.57. The van der Waals surface area contributed by atoms with Crippen LogP contribution in [0.3, 0.4) is 0 Å². The number of hydrogen-bond donors (Lipinski definition) is 1. The molecule has 0 bridgehead atoms. The summed E-state index contributed by atoms with van der Waals surface area (Å²) in [5.74, 6) is 0.412. The molecular formula is C21H18BrClN2O4S. The average Bonchev–Trinajstić information content (AvgIpc) is 3.05. The molecule has 0 saturated carbocycles. The van der Waals surface area contributed by atoms with Gasteiger partial charge in [-0.15, -0.1) is 0 Å². The lowest BCUT2D eigenvalue weighted by Gasteiger charge is -2.13. The van der Waals surface area contributed by atoms with E-state index < -0.39 is 5.91 Å². The third-order valence-electron chi connectivity index (χ3n) is 3.89. The van der Waals surface area contributed by atoms with Crippen LogP contribution in [-0.2, 0) is 4.79 Å². The first kappa shape index (κ1) is 22.4. The van der Waals surface area contributed by atoms with Gasteiger partial charge in [0.2, 0.25) is 0 Å². The minimum atomic E-state index is -0.461. The maximum atomic E-state index is 12.4. The van der Waals surface area contributed by atoms with E-state index in [0.717, 1.165) is 21.8 Å².